The summed E-state index contributed by atoms with van der Waals surface area (Å²) in [6, 6.07) is 8.30. The van der Waals surface area contributed by atoms with Gasteiger partial charge in [-0.3, -0.25) is 0 Å². The number of amides is 1. The van der Waals surface area contributed by atoms with Crippen LogP contribution in [0, 0.1) is 19.8 Å². The number of hydrogen-bond donors (Lipinski definition) is 0. The van der Waals surface area contributed by atoms with Crippen LogP contribution in [-0.2, 0) is 24.9 Å². The van der Waals surface area contributed by atoms with Gasteiger partial charge in [0.15, 0.2) is 0 Å². The predicted octanol–water partition coefficient (Wildman–Crippen LogP) is 9.40. The molecule has 1 spiro atoms. The summed E-state index contributed by atoms with van der Waals surface area (Å²) < 4.78 is 27.1. The van der Waals surface area contributed by atoms with E-state index in [0.29, 0.717) is 11.5 Å². The average molecular weight is 609 g/mol. The summed E-state index contributed by atoms with van der Waals surface area (Å²) in [5.41, 5.74) is 3.32. The molecule has 2 heterocycles. The van der Waals surface area contributed by atoms with Crippen molar-refractivity contribution in [2.45, 2.75) is 110 Å². The van der Waals surface area contributed by atoms with Crippen LogP contribution >= 0.6 is 29.8 Å². The molecule has 220 valence electrons. The molecular formula is C30H42ClN2O5PS. The molecule has 2 aliphatic rings. The topological polar surface area (TPSA) is 69.6 Å². The molecule has 2 aliphatic heterocycles. The third-order valence-electron chi connectivity index (χ3n) is 6.45. The van der Waals surface area contributed by atoms with Crippen molar-refractivity contribution in [3.8, 4) is 11.5 Å². The van der Waals surface area contributed by atoms with E-state index in [4.69, 9.17) is 29.5 Å². The summed E-state index contributed by atoms with van der Waals surface area (Å²) in [4.78, 5) is 15.5. The molecule has 0 aromatic heterocycles. The number of nitrogens with zero attached hydrogens (tertiary/aromatic N) is 2. The van der Waals surface area contributed by atoms with Crippen molar-refractivity contribution in [3.63, 3.8) is 0 Å². The van der Waals surface area contributed by atoms with Crippen LogP contribution in [0.25, 0.3) is 0 Å². The number of halogens is 1. The van der Waals surface area contributed by atoms with Gasteiger partial charge in [0.25, 0.3) is 0 Å². The van der Waals surface area contributed by atoms with Crippen molar-refractivity contribution >= 4 is 41.8 Å². The second kappa shape index (κ2) is 9.99. The van der Waals surface area contributed by atoms with E-state index in [0.717, 1.165) is 36.8 Å². The fourth-order valence-electron chi connectivity index (χ4n) is 4.50. The molecule has 2 aromatic carbocycles. The van der Waals surface area contributed by atoms with Crippen LogP contribution < -0.4 is 9.05 Å². The molecule has 40 heavy (non-hydrogen) atoms. The number of rotatable bonds is 2. The quantitative estimate of drug-likeness (QED) is 0.316. The zero-order valence-corrected chi connectivity index (χ0v) is 28.1. The maximum absolute atomic E-state index is 13.8. The molecule has 0 radical (unpaired) electrons. The first kappa shape index (κ1) is 30.8. The Labute approximate surface area is 247 Å². The minimum absolute atomic E-state index is 0.165. The number of hydrogen-bond acceptors (Lipinski definition) is 7. The van der Waals surface area contributed by atoms with Gasteiger partial charge in [-0.25, -0.2) is 0 Å². The van der Waals surface area contributed by atoms with Crippen molar-refractivity contribution in [2.75, 3.05) is 0 Å². The number of aryl methyl sites for hydroxylation is 2. The number of carbonyl (C=O) groups excluding carboxylic acids is 1. The molecule has 0 saturated carbocycles. The van der Waals surface area contributed by atoms with E-state index in [1.54, 1.807) is 25.6 Å². The Kier molecular flexibility index (Phi) is 7.69. The molecule has 0 fully saturated rings. The number of fused-ring (bicyclic) bond motifs is 2. The second-order valence-corrected chi connectivity index (χ2v) is 18.4. The van der Waals surface area contributed by atoms with Gasteiger partial charge in [0.2, 0.25) is 0 Å². The number of benzene rings is 2. The Morgan fingerprint density at radius 1 is 0.875 bits per heavy atom. The van der Waals surface area contributed by atoms with Crippen LogP contribution in [-0.4, -0.2) is 22.9 Å². The summed E-state index contributed by atoms with van der Waals surface area (Å²) in [6.07, 6.45) is -0.455. The number of ether oxygens (including phenoxy) is 1. The molecule has 4 rings (SSSR count). The van der Waals surface area contributed by atoms with E-state index in [2.05, 4.69) is 84.8 Å². The Bertz CT molecular complexity index is 1320. The fraction of sp³-hybridized carbons (Fsp3) is 0.533. The second-order valence-electron chi connectivity index (χ2n) is 13.2. The van der Waals surface area contributed by atoms with Gasteiger partial charge < -0.3 is 0 Å². The van der Waals surface area contributed by atoms with Crippen LogP contribution in [0.3, 0.4) is 0 Å². The van der Waals surface area contributed by atoms with Gasteiger partial charge in [-0.15, -0.1) is 0 Å². The Hall–Kier alpha value is -2.15. The Morgan fingerprint density at radius 2 is 1.32 bits per heavy atom. The van der Waals surface area contributed by atoms with Crippen molar-refractivity contribution < 1.29 is 23.1 Å². The first-order valence-corrected chi connectivity index (χ1v) is 17.3. The van der Waals surface area contributed by atoms with Crippen LogP contribution in [0.2, 0.25) is 0 Å². The fourth-order valence-corrected chi connectivity index (χ4v) is 9.20. The molecule has 2 aromatic rings. The molecular weight excluding hydrogens is 567 g/mol. The number of carbonyl (C=O) groups is 1. The summed E-state index contributed by atoms with van der Waals surface area (Å²) in [5.74, 6) is 0.125. The molecule has 0 aliphatic carbocycles. The summed E-state index contributed by atoms with van der Waals surface area (Å²) in [6.45, 7) is 18.8. The van der Waals surface area contributed by atoms with E-state index in [-0.39, 0.29) is 23.0 Å². The average Bonchev–Trinajstić information content (AvgIpc) is 3.06. The summed E-state index contributed by atoms with van der Waals surface area (Å²) in [7, 11) is 0. The SMILES string of the molecule is Cc1cc2c(c(C(C)(C)C)c1)OP1(Cl)(OC(OC(C)C)=NN1C(=O)C(C)C)Oc1c(cc(C)cc1C(C)(C)C)S2. The third-order valence-corrected chi connectivity index (χ3v) is 10.9. The van der Waals surface area contributed by atoms with Crippen LogP contribution in [0.4, 0.5) is 0 Å². The van der Waals surface area contributed by atoms with E-state index < -0.39 is 18.6 Å². The molecule has 0 atom stereocenters. The zero-order chi connectivity index (χ0) is 30.0. The summed E-state index contributed by atoms with van der Waals surface area (Å²) >= 11 is 9.23. The molecule has 0 unspecified atom stereocenters. The monoisotopic (exact) mass is 608 g/mol. The molecule has 1 amide bonds. The number of hydrazone groups is 1. The van der Waals surface area contributed by atoms with Gasteiger partial charge >= 0.3 is 249 Å². The van der Waals surface area contributed by atoms with Gasteiger partial charge in [-0.05, 0) is 0 Å². The normalized spacial score (nSPS) is 18.8. The Morgan fingerprint density at radius 3 is 1.70 bits per heavy atom. The van der Waals surface area contributed by atoms with E-state index in [1.807, 2.05) is 13.8 Å². The molecule has 0 saturated heterocycles. The van der Waals surface area contributed by atoms with Crippen molar-refractivity contribution in [1.82, 2.24) is 4.78 Å². The molecule has 0 N–H and O–H groups in total. The van der Waals surface area contributed by atoms with E-state index >= 15 is 0 Å². The molecule has 0 bridgehead atoms. The van der Waals surface area contributed by atoms with Crippen LogP contribution in [0.15, 0.2) is 39.2 Å². The first-order chi connectivity index (χ1) is 18.2. The van der Waals surface area contributed by atoms with Gasteiger partial charge in [-0.1, -0.05) is 0 Å². The maximum atomic E-state index is 13.8. The first-order valence-electron chi connectivity index (χ1n) is 13.6. The standard InChI is InChI=1S/C30H42ClN2O5PS/c1-17(2)27(34)33-32-28(35-18(3)4)38-39(33,31)36-25-21(29(7,8)9)13-19(5)15-23(25)40-24-16-20(6)14-22(26(24)37-39)30(10,11)12/h13-18H,1-12H3. The van der Waals surface area contributed by atoms with E-state index in [9.17, 15) is 4.79 Å². The van der Waals surface area contributed by atoms with Crippen molar-refractivity contribution in [3.05, 3.63) is 46.5 Å². The predicted molar refractivity (Wildman–Crippen MR) is 164 cm³/mol. The van der Waals surface area contributed by atoms with Gasteiger partial charge in [-0.2, -0.15) is 0 Å². The molecule has 7 nitrogen and oxygen atoms in total. The minimum atomic E-state index is -5.16. The van der Waals surface area contributed by atoms with Gasteiger partial charge in [0.1, 0.15) is 0 Å². The van der Waals surface area contributed by atoms with Gasteiger partial charge in [0.05, 0.1) is 0 Å². The Balaban J connectivity index is 2.13. The van der Waals surface area contributed by atoms with Crippen molar-refractivity contribution in [1.29, 1.82) is 0 Å². The van der Waals surface area contributed by atoms with E-state index in [1.165, 1.54) is 0 Å². The van der Waals surface area contributed by atoms with Crippen LogP contribution in [0.5, 0.6) is 11.5 Å². The summed E-state index contributed by atoms with van der Waals surface area (Å²) in [5, 5.41) is 4.46. The van der Waals surface area contributed by atoms with Crippen LogP contribution in [0.1, 0.15) is 91.5 Å². The van der Waals surface area contributed by atoms with Gasteiger partial charge in [0, 0.05) is 0 Å². The third kappa shape index (κ3) is 5.64. The zero-order valence-electron chi connectivity index (χ0n) is 25.6. The van der Waals surface area contributed by atoms with Crippen molar-refractivity contribution in [2.24, 2.45) is 11.0 Å². The molecule has 10 heteroatoms.